The van der Waals surface area contributed by atoms with Crippen LogP contribution in [0, 0.1) is 6.92 Å². The first kappa shape index (κ1) is 18.6. The molecule has 0 bridgehead atoms. The monoisotopic (exact) mass is 371 g/mol. The topological polar surface area (TPSA) is 46.6 Å². The van der Waals surface area contributed by atoms with E-state index in [4.69, 9.17) is 16.3 Å². The fraction of sp³-hybridized carbons (Fsp3) is 0.333. The van der Waals surface area contributed by atoms with Crippen molar-refractivity contribution in [1.82, 2.24) is 4.90 Å². The number of ketones is 1. The van der Waals surface area contributed by atoms with Gasteiger partial charge in [0.2, 0.25) is 5.91 Å². The summed E-state index contributed by atoms with van der Waals surface area (Å²) in [6.07, 6.45) is 0.261. The number of halogens is 1. The van der Waals surface area contributed by atoms with Gasteiger partial charge < -0.3 is 9.64 Å². The lowest BCUT2D eigenvalue weighted by atomic mass is 10.0. The molecular weight excluding hydrogens is 350 g/mol. The van der Waals surface area contributed by atoms with Gasteiger partial charge in [0.1, 0.15) is 6.10 Å². The molecule has 2 aromatic carbocycles. The number of hydrogen-bond acceptors (Lipinski definition) is 3. The van der Waals surface area contributed by atoms with E-state index in [0.717, 1.165) is 11.1 Å². The highest BCUT2D eigenvalue weighted by molar-refractivity contribution is 6.30. The van der Waals surface area contributed by atoms with E-state index in [-0.39, 0.29) is 30.6 Å². The third-order valence-electron chi connectivity index (χ3n) is 4.65. The van der Waals surface area contributed by atoms with Gasteiger partial charge in [0.05, 0.1) is 13.2 Å². The summed E-state index contributed by atoms with van der Waals surface area (Å²) in [6.45, 7) is 3.42. The zero-order valence-electron chi connectivity index (χ0n) is 14.8. The second kappa shape index (κ2) is 8.47. The van der Waals surface area contributed by atoms with Crippen molar-refractivity contribution in [2.24, 2.45) is 0 Å². The lowest BCUT2D eigenvalue weighted by molar-refractivity contribution is -0.139. The standard InChI is InChI=1S/C21H22ClNO3/c1-15-5-2-3-8-18(15)19(24)9-10-21(25)23-11-12-26-20(14-23)16-6-4-7-17(22)13-16/h2-8,13,20H,9-12,14H2,1H3. The summed E-state index contributed by atoms with van der Waals surface area (Å²) in [4.78, 5) is 26.7. The fourth-order valence-electron chi connectivity index (χ4n) is 3.18. The molecule has 1 amide bonds. The molecule has 1 aliphatic rings. The molecule has 1 atom stereocenters. The van der Waals surface area contributed by atoms with Crippen LogP contribution in [0.4, 0.5) is 0 Å². The summed E-state index contributed by atoms with van der Waals surface area (Å²) >= 11 is 6.04. The Bertz CT molecular complexity index is 805. The van der Waals surface area contributed by atoms with Gasteiger partial charge in [-0.05, 0) is 30.2 Å². The van der Waals surface area contributed by atoms with Crippen LogP contribution >= 0.6 is 11.6 Å². The second-order valence-corrected chi connectivity index (χ2v) is 6.93. The number of carbonyl (C=O) groups is 2. The second-order valence-electron chi connectivity index (χ2n) is 6.49. The van der Waals surface area contributed by atoms with E-state index in [2.05, 4.69) is 0 Å². The highest BCUT2D eigenvalue weighted by Gasteiger charge is 2.25. The summed E-state index contributed by atoms with van der Waals surface area (Å²) in [5, 5.41) is 0.651. The largest absolute Gasteiger partial charge is 0.370 e. The van der Waals surface area contributed by atoms with Crippen LogP contribution < -0.4 is 0 Å². The first-order chi connectivity index (χ1) is 12.5. The lowest BCUT2D eigenvalue weighted by Crippen LogP contribution is -2.42. The Hall–Kier alpha value is -2.17. The van der Waals surface area contributed by atoms with E-state index in [1.807, 2.05) is 55.5 Å². The molecule has 1 unspecified atom stereocenters. The molecule has 0 spiro atoms. The van der Waals surface area contributed by atoms with Crippen LogP contribution in [-0.2, 0) is 9.53 Å². The maximum atomic E-state index is 12.6. The summed E-state index contributed by atoms with van der Waals surface area (Å²) < 4.78 is 5.79. The molecule has 1 aliphatic heterocycles. The maximum absolute atomic E-state index is 12.6. The van der Waals surface area contributed by atoms with Crippen molar-refractivity contribution in [2.45, 2.75) is 25.9 Å². The average molecular weight is 372 g/mol. The van der Waals surface area contributed by atoms with Gasteiger partial charge in [-0.3, -0.25) is 9.59 Å². The predicted molar refractivity (Wildman–Crippen MR) is 101 cm³/mol. The molecule has 26 heavy (non-hydrogen) atoms. The molecule has 2 aromatic rings. The molecule has 0 aromatic heterocycles. The Morgan fingerprint density at radius 3 is 2.73 bits per heavy atom. The van der Waals surface area contributed by atoms with E-state index in [1.165, 1.54) is 0 Å². The van der Waals surface area contributed by atoms with Crippen LogP contribution in [0.25, 0.3) is 0 Å². The summed E-state index contributed by atoms with van der Waals surface area (Å²) in [5.41, 5.74) is 2.60. The molecule has 136 valence electrons. The van der Waals surface area contributed by atoms with Crippen LogP contribution in [0.5, 0.6) is 0 Å². The van der Waals surface area contributed by atoms with Crippen molar-refractivity contribution in [2.75, 3.05) is 19.7 Å². The van der Waals surface area contributed by atoms with Gasteiger partial charge in [-0.25, -0.2) is 0 Å². The van der Waals surface area contributed by atoms with Crippen LogP contribution in [0.15, 0.2) is 48.5 Å². The first-order valence-corrected chi connectivity index (χ1v) is 9.16. The van der Waals surface area contributed by atoms with Crippen molar-refractivity contribution >= 4 is 23.3 Å². The number of morpholine rings is 1. The van der Waals surface area contributed by atoms with E-state index in [1.54, 1.807) is 4.90 Å². The van der Waals surface area contributed by atoms with E-state index >= 15 is 0 Å². The van der Waals surface area contributed by atoms with Crippen molar-refractivity contribution in [3.63, 3.8) is 0 Å². The quantitative estimate of drug-likeness (QED) is 0.739. The Kier molecular flexibility index (Phi) is 6.07. The number of ether oxygens (including phenoxy) is 1. The Morgan fingerprint density at radius 2 is 1.96 bits per heavy atom. The molecule has 0 radical (unpaired) electrons. The normalized spacial score (nSPS) is 17.2. The van der Waals surface area contributed by atoms with Gasteiger partial charge in [0, 0.05) is 30.0 Å². The summed E-state index contributed by atoms with van der Waals surface area (Å²) in [5.74, 6) is -0.00152. The van der Waals surface area contributed by atoms with Crippen LogP contribution in [0.3, 0.4) is 0 Å². The van der Waals surface area contributed by atoms with Gasteiger partial charge in [0.25, 0.3) is 0 Å². The van der Waals surface area contributed by atoms with Crippen LogP contribution in [-0.4, -0.2) is 36.3 Å². The molecule has 0 saturated carbocycles. The molecule has 5 heteroatoms. The fourth-order valence-corrected chi connectivity index (χ4v) is 3.38. The molecule has 1 saturated heterocycles. The molecule has 1 heterocycles. The maximum Gasteiger partial charge on any atom is 0.223 e. The van der Waals surface area contributed by atoms with Crippen molar-refractivity contribution < 1.29 is 14.3 Å². The van der Waals surface area contributed by atoms with Crippen LogP contribution in [0.2, 0.25) is 5.02 Å². The molecular formula is C21H22ClNO3. The number of benzene rings is 2. The number of nitrogens with zero attached hydrogens (tertiary/aromatic N) is 1. The number of Topliss-reactive ketones (excluding diaryl/α,β-unsaturated/α-hetero) is 1. The zero-order valence-corrected chi connectivity index (χ0v) is 15.5. The van der Waals surface area contributed by atoms with Crippen molar-refractivity contribution in [3.05, 3.63) is 70.2 Å². The lowest BCUT2D eigenvalue weighted by Gasteiger charge is -2.33. The number of amides is 1. The number of rotatable bonds is 5. The van der Waals surface area contributed by atoms with Gasteiger partial charge in [0.15, 0.2) is 5.78 Å². The molecule has 1 fully saturated rings. The molecule has 0 N–H and O–H groups in total. The van der Waals surface area contributed by atoms with E-state index in [9.17, 15) is 9.59 Å². The summed E-state index contributed by atoms with van der Waals surface area (Å²) in [7, 11) is 0. The number of aryl methyl sites for hydroxylation is 1. The number of carbonyl (C=O) groups excluding carboxylic acids is 2. The van der Waals surface area contributed by atoms with Crippen molar-refractivity contribution in [1.29, 1.82) is 0 Å². The smallest absolute Gasteiger partial charge is 0.223 e. The Balaban J connectivity index is 1.58. The molecule has 4 nitrogen and oxygen atoms in total. The highest BCUT2D eigenvalue weighted by Crippen LogP contribution is 2.25. The van der Waals surface area contributed by atoms with Gasteiger partial charge >= 0.3 is 0 Å². The van der Waals surface area contributed by atoms with E-state index in [0.29, 0.717) is 30.3 Å². The van der Waals surface area contributed by atoms with Crippen LogP contribution in [0.1, 0.15) is 40.4 Å². The average Bonchev–Trinajstić information content (AvgIpc) is 2.66. The molecule has 0 aliphatic carbocycles. The van der Waals surface area contributed by atoms with Crippen molar-refractivity contribution in [3.8, 4) is 0 Å². The third-order valence-corrected chi connectivity index (χ3v) is 4.89. The zero-order chi connectivity index (χ0) is 18.5. The molecule has 3 rings (SSSR count). The number of hydrogen-bond donors (Lipinski definition) is 0. The minimum atomic E-state index is -0.182. The Labute approximate surface area is 158 Å². The van der Waals surface area contributed by atoms with Gasteiger partial charge in [-0.2, -0.15) is 0 Å². The Morgan fingerprint density at radius 1 is 1.15 bits per heavy atom. The highest BCUT2D eigenvalue weighted by atomic mass is 35.5. The minimum absolute atomic E-state index is 0.0103. The SMILES string of the molecule is Cc1ccccc1C(=O)CCC(=O)N1CCOC(c2cccc(Cl)c2)C1. The third kappa shape index (κ3) is 4.51. The van der Waals surface area contributed by atoms with Gasteiger partial charge in [-0.15, -0.1) is 0 Å². The minimum Gasteiger partial charge on any atom is -0.370 e. The summed E-state index contributed by atoms with van der Waals surface area (Å²) in [6, 6.07) is 15.0. The predicted octanol–water partition coefficient (Wildman–Crippen LogP) is 4.21. The van der Waals surface area contributed by atoms with Gasteiger partial charge in [-0.1, -0.05) is 48.0 Å². The first-order valence-electron chi connectivity index (χ1n) is 8.78. The van der Waals surface area contributed by atoms with E-state index < -0.39 is 0 Å².